The monoisotopic (exact) mass is 202 g/mol. The predicted molar refractivity (Wildman–Crippen MR) is 59.6 cm³/mol. The standard InChI is InChI=1S/C12H14N2O/c1-9-4-5-14(8-9)12-6-11(15-3)10(2)7-13-12/h4-8H,1-3H3. The fraction of sp³-hybridized carbons (Fsp3) is 0.250. The van der Waals surface area contributed by atoms with E-state index >= 15 is 0 Å². The van der Waals surface area contributed by atoms with Crippen molar-refractivity contribution in [1.82, 2.24) is 9.55 Å². The smallest absolute Gasteiger partial charge is 0.140 e. The van der Waals surface area contributed by atoms with Gasteiger partial charge in [0.25, 0.3) is 0 Å². The molecule has 0 amide bonds. The molecule has 0 atom stereocenters. The fourth-order valence-corrected chi connectivity index (χ4v) is 1.50. The van der Waals surface area contributed by atoms with Crippen molar-refractivity contribution in [3.05, 3.63) is 41.9 Å². The molecule has 0 aromatic carbocycles. The zero-order valence-corrected chi connectivity index (χ0v) is 9.19. The maximum atomic E-state index is 5.26. The summed E-state index contributed by atoms with van der Waals surface area (Å²) in [6.07, 6.45) is 5.85. The number of rotatable bonds is 2. The van der Waals surface area contributed by atoms with Gasteiger partial charge in [0.05, 0.1) is 7.11 Å². The van der Waals surface area contributed by atoms with Crippen molar-refractivity contribution < 1.29 is 4.74 Å². The number of ether oxygens (including phenoxy) is 1. The van der Waals surface area contributed by atoms with Crippen molar-refractivity contribution in [3.8, 4) is 11.6 Å². The lowest BCUT2D eigenvalue weighted by atomic mass is 10.3. The molecule has 0 saturated carbocycles. The Hall–Kier alpha value is -1.77. The van der Waals surface area contributed by atoms with E-state index < -0.39 is 0 Å². The Balaban J connectivity index is 2.45. The Labute approximate surface area is 89.3 Å². The lowest BCUT2D eigenvalue weighted by molar-refractivity contribution is 0.411. The molecule has 78 valence electrons. The normalized spacial score (nSPS) is 10.3. The van der Waals surface area contributed by atoms with Gasteiger partial charge in [0.2, 0.25) is 0 Å². The average molecular weight is 202 g/mol. The summed E-state index contributed by atoms with van der Waals surface area (Å²) in [6, 6.07) is 3.99. The van der Waals surface area contributed by atoms with Crippen molar-refractivity contribution in [2.24, 2.45) is 0 Å². The topological polar surface area (TPSA) is 27.1 Å². The van der Waals surface area contributed by atoms with Gasteiger partial charge in [-0.3, -0.25) is 0 Å². The Kier molecular flexibility index (Phi) is 2.46. The highest BCUT2D eigenvalue weighted by Gasteiger charge is 2.03. The van der Waals surface area contributed by atoms with Gasteiger partial charge in [0.1, 0.15) is 11.6 Å². The Morgan fingerprint density at radius 2 is 2.13 bits per heavy atom. The zero-order chi connectivity index (χ0) is 10.8. The molecule has 0 fully saturated rings. The summed E-state index contributed by atoms with van der Waals surface area (Å²) in [4.78, 5) is 4.35. The SMILES string of the molecule is COc1cc(-n2ccc(C)c2)ncc1C. The summed E-state index contributed by atoms with van der Waals surface area (Å²) in [5.74, 6) is 1.75. The van der Waals surface area contributed by atoms with Gasteiger partial charge in [-0.15, -0.1) is 0 Å². The molecule has 0 spiro atoms. The maximum absolute atomic E-state index is 5.26. The number of nitrogens with zero attached hydrogens (tertiary/aromatic N) is 2. The molecule has 2 aromatic rings. The van der Waals surface area contributed by atoms with E-state index in [0.717, 1.165) is 17.1 Å². The lowest BCUT2D eigenvalue weighted by Gasteiger charge is -2.07. The summed E-state index contributed by atoms with van der Waals surface area (Å²) in [5.41, 5.74) is 2.27. The molecule has 0 aliphatic heterocycles. The van der Waals surface area contributed by atoms with Crippen LogP contribution in [0.1, 0.15) is 11.1 Å². The maximum Gasteiger partial charge on any atom is 0.140 e. The highest BCUT2D eigenvalue weighted by molar-refractivity contribution is 5.38. The molecule has 0 aliphatic rings. The first-order valence-corrected chi connectivity index (χ1v) is 4.86. The third-order valence-electron chi connectivity index (χ3n) is 2.36. The van der Waals surface area contributed by atoms with Gasteiger partial charge in [0, 0.05) is 30.2 Å². The van der Waals surface area contributed by atoms with Crippen LogP contribution < -0.4 is 4.74 Å². The van der Waals surface area contributed by atoms with E-state index in [9.17, 15) is 0 Å². The van der Waals surface area contributed by atoms with Crippen molar-refractivity contribution >= 4 is 0 Å². The van der Waals surface area contributed by atoms with E-state index in [2.05, 4.69) is 11.9 Å². The van der Waals surface area contributed by atoms with Crippen molar-refractivity contribution in [3.63, 3.8) is 0 Å². The minimum atomic E-state index is 0.867. The zero-order valence-electron chi connectivity index (χ0n) is 9.19. The van der Waals surface area contributed by atoms with Gasteiger partial charge >= 0.3 is 0 Å². The van der Waals surface area contributed by atoms with Gasteiger partial charge in [-0.1, -0.05) is 0 Å². The minimum absolute atomic E-state index is 0.867. The van der Waals surface area contributed by atoms with Crippen LogP contribution in [-0.2, 0) is 0 Å². The largest absolute Gasteiger partial charge is 0.496 e. The summed E-state index contributed by atoms with van der Waals surface area (Å²) < 4.78 is 7.24. The van der Waals surface area contributed by atoms with Crippen LogP contribution in [0.15, 0.2) is 30.7 Å². The molecule has 15 heavy (non-hydrogen) atoms. The van der Waals surface area contributed by atoms with Crippen LogP contribution in [0.4, 0.5) is 0 Å². The molecule has 0 unspecified atom stereocenters. The third kappa shape index (κ3) is 1.86. The number of hydrogen-bond donors (Lipinski definition) is 0. The predicted octanol–water partition coefficient (Wildman–Crippen LogP) is 2.50. The highest BCUT2D eigenvalue weighted by atomic mass is 16.5. The Morgan fingerprint density at radius 1 is 1.33 bits per heavy atom. The average Bonchev–Trinajstić information content (AvgIpc) is 2.66. The van der Waals surface area contributed by atoms with Crippen LogP contribution in [0.25, 0.3) is 5.82 Å². The first-order valence-electron chi connectivity index (χ1n) is 4.86. The van der Waals surface area contributed by atoms with E-state index in [1.165, 1.54) is 5.56 Å². The van der Waals surface area contributed by atoms with E-state index in [1.54, 1.807) is 7.11 Å². The van der Waals surface area contributed by atoms with Crippen LogP contribution >= 0.6 is 0 Å². The van der Waals surface area contributed by atoms with Crippen molar-refractivity contribution in [2.45, 2.75) is 13.8 Å². The molecule has 0 aliphatic carbocycles. The molecule has 2 heterocycles. The van der Waals surface area contributed by atoms with E-state index in [-0.39, 0.29) is 0 Å². The summed E-state index contributed by atoms with van der Waals surface area (Å²) in [7, 11) is 1.67. The number of aryl methyl sites for hydroxylation is 2. The van der Waals surface area contributed by atoms with Crippen LogP contribution in [0, 0.1) is 13.8 Å². The van der Waals surface area contributed by atoms with Crippen molar-refractivity contribution in [2.75, 3.05) is 7.11 Å². The van der Waals surface area contributed by atoms with Gasteiger partial charge < -0.3 is 9.30 Å². The Bertz CT molecular complexity index is 474. The quantitative estimate of drug-likeness (QED) is 0.748. The highest BCUT2D eigenvalue weighted by Crippen LogP contribution is 2.19. The fourth-order valence-electron chi connectivity index (χ4n) is 1.50. The van der Waals surface area contributed by atoms with Crippen LogP contribution in [-0.4, -0.2) is 16.7 Å². The summed E-state index contributed by atoms with van der Waals surface area (Å²) in [6.45, 7) is 4.04. The number of aromatic nitrogens is 2. The van der Waals surface area contributed by atoms with Gasteiger partial charge in [0.15, 0.2) is 0 Å². The molecular weight excluding hydrogens is 188 g/mol. The lowest BCUT2D eigenvalue weighted by Crippen LogP contribution is -1.96. The first kappa shape index (κ1) is 9.77. The summed E-state index contributed by atoms with van der Waals surface area (Å²) in [5, 5.41) is 0. The molecule has 2 rings (SSSR count). The molecule has 3 heteroatoms. The van der Waals surface area contributed by atoms with Gasteiger partial charge in [-0.2, -0.15) is 0 Å². The van der Waals surface area contributed by atoms with Gasteiger partial charge in [-0.05, 0) is 25.5 Å². The molecule has 2 aromatic heterocycles. The van der Waals surface area contributed by atoms with Crippen molar-refractivity contribution in [1.29, 1.82) is 0 Å². The van der Waals surface area contributed by atoms with Crippen LogP contribution in [0.2, 0.25) is 0 Å². The van der Waals surface area contributed by atoms with Crippen LogP contribution in [0.5, 0.6) is 5.75 Å². The molecule has 0 radical (unpaired) electrons. The second-order valence-electron chi connectivity index (χ2n) is 3.61. The second kappa shape index (κ2) is 3.77. The molecule has 3 nitrogen and oxygen atoms in total. The van der Waals surface area contributed by atoms with Crippen LogP contribution in [0.3, 0.4) is 0 Å². The third-order valence-corrected chi connectivity index (χ3v) is 2.36. The summed E-state index contributed by atoms with van der Waals surface area (Å²) >= 11 is 0. The van der Waals surface area contributed by atoms with E-state index in [4.69, 9.17) is 4.74 Å². The second-order valence-corrected chi connectivity index (χ2v) is 3.61. The molecule has 0 saturated heterocycles. The first-order chi connectivity index (χ1) is 7.20. The molecule has 0 N–H and O–H groups in total. The number of pyridine rings is 1. The molecular formula is C12H14N2O. The number of hydrogen-bond acceptors (Lipinski definition) is 2. The number of methoxy groups -OCH3 is 1. The van der Waals surface area contributed by atoms with Gasteiger partial charge in [-0.25, -0.2) is 4.98 Å². The van der Waals surface area contributed by atoms with E-state index in [0.29, 0.717) is 0 Å². The molecule has 0 bridgehead atoms. The van der Waals surface area contributed by atoms with E-state index in [1.807, 2.05) is 42.2 Å². The Morgan fingerprint density at radius 3 is 2.73 bits per heavy atom. The minimum Gasteiger partial charge on any atom is -0.496 e.